The smallest absolute Gasteiger partial charge is 0.245 e. The van der Waals surface area contributed by atoms with E-state index in [1.165, 1.54) is 5.56 Å². The Labute approximate surface area is 227 Å². The third kappa shape index (κ3) is 6.46. The number of carbonyl (C=O) groups excluding carboxylic acids is 2. The fourth-order valence-electron chi connectivity index (χ4n) is 6.05. The van der Waals surface area contributed by atoms with Crippen molar-refractivity contribution in [3.8, 4) is 0 Å². The van der Waals surface area contributed by atoms with Crippen molar-refractivity contribution in [2.24, 2.45) is 17.3 Å². The minimum atomic E-state index is -0.550. The van der Waals surface area contributed by atoms with Gasteiger partial charge < -0.3 is 10.2 Å². The van der Waals surface area contributed by atoms with E-state index < -0.39 is 6.04 Å². The lowest BCUT2D eigenvalue weighted by atomic mass is 9.70. The molecule has 2 amide bonds. The molecule has 0 saturated carbocycles. The van der Waals surface area contributed by atoms with Crippen molar-refractivity contribution < 1.29 is 9.59 Å². The molecule has 1 heterocycles. The lowest BCUT2D eigenvalue weighted by Gasteiger charge is -2.46. The molecule has 1 fully saturated rings. The lowest BCUT2D eigenvalue weighted by Crippen LogP contribution is -2.56. The summed E-state index contributed by atoms with van der Waals surface area (Å²) >= 11 is 6.11. The normalized spacial score (nSPS) is 22.8. The molecule has 1 aliphatic heterocycles. The van der Waals surface area contributed by atoms with Gasteiger partial charge in [-0.1, -0.05) is 93.5 Å². The maximum absolute atomic E-state index is 13.9. The molecule has 0 bridgehead atoms. The number of halogens is 1. The Balaban J connectivity index is 1.50. The van der Waals surface area contributed by atoms with Gasteiger partial charge in [0.2, 0.25) is 11.8 Å². The fourth-order valence-corrected chi connectivity index (χ4v) is 6.17. The largest absolute Gasteiger partial charge is 0.343 e. The highest BCUT2D eigenvalue weighted by Crippen LogP contribution is 2.42. The summed E-state index contributed by atoms with van der Waals surface area (Å²) in [5, 5.41) is 3.94. The standard InChI is InChI=1S/C32H41ClN2O2/c1-22(2)29(34-30(36)28(24-11-7-5-8-12-24)25-13-9-6-10-14-25)31(37)35-20-19-27(32(3,4)21-35)23-15-17-26(33)18-16-23/h5,7,9,11,13-18,22,27-29H,6,8,10,12,19-21H2,1-4H3,(H,34,36)/t27-,28?,29-/m1/s1. The Hall–Kier alpha value is -2.59. The summed E-state index contributed by atoms with van der Waals surface area (Å²) in [7, 11) is 0. The minimum Gasteiger partial charge on any atom is -0.343 e. The molecule has 1 N–H and O–H groups in total. The highest BCUT2D eigenvalue weighted by atomic mass is 35.5. The van der Waals surface area contributed by atoms with Gasteiger partial charge in [0, 0.05) is 18.1 Å². The molecular weight excluding hydrogens is 480 g/mol. The highest BCUT2D eigenvalue weighted by molar-refractivity contribution is 6.30. The van der Waals surface area contributed by atoms with Crippen molar-refractivity contribution in [2.45, 2.75) is 71.8 Å². The van der Waals surface area contributed by atoms with E-state index in [1.807, 2.05) is 37.0 Å². The highest BCUT2D eigenvalue weighted by Gasteiger charge is 2.41. The van der Waals surface area contributed by atoms with Gasteiger partial charge in [0.15, 0.2) is 0 Å². The predicted molar refractivity (Wildman–Crippen MR) is 152 cm³/mol. The number of piperidine rings is 1. The zero-order valence-electron chi connectivity index (χ0n) is 22.7. The van der Waals surface area contributed by atoms with Crippen molar-refractivity contribution in [1.82, 2.24) is 10.2 Å². The van der Waals surface area contributed by atoms with E-state index in [4.69, 9.17) is 11.6 Å². The molecule has 0 radical (unpaired) electrons. The first-order chi connectivity index (χ1) is 17.7. The number of rotatable bonds is 7. The topological polar surface area (TPSA) is 49.4 Å². The van der Waals surface area contributed by atoms with Gasteiger partial charge in [-0.2, -0.15) is 0 Å². The molecule has 37 heavy (non-hydrogen) atoms. The molecule has 5 heteroatoms. The van der Waals surface area contributed by atoms with Gasteiger partial charge >= 0.3 is 0 Å². The van der Waals surface area contributed by atoms with Crippen LogP contribution in [0.3, 0.4) is 0 Å². The molecule has 1 unspecified atom stereocenters. The second-order valence-electron chi connectivity index (χ2n) is 11.7. The molecule has 1 saturated heterocycles. The number of hydrogen-bond donors (Lipinski definition) is 1. The molecule has 0 spiro atoms. The van der Waals surface area contributed by atoms with Gasteiger partial charge in [-0.15, -0.1) is 0 Å². The van der Waals surface area contributed by atoms with Crippen LogP contribution in [0.4, 0.5) is 0 Å². The monoisotopic (exact) mass is 520 g/mol. The number of carbonyl (C=O) groups is 2. The lowest BCUT2D eigenvalue weighted by molar-refractivity contribution is -0.141. The number of benzene rings is 1. The van der Waals surface area contributed by atoms with Gasteiger partial charge in [-0.3, -0.25) is 9.59 Å². The van der Waals surface area contributed by atoms with Crippen molar-refractivity contribution in [2.75, 3.05) is 13.1 Å². The Morgan fingerprint density at radius 3 is 2.43 bits per heavy atom. The summed E-state index contributed by atoms with van der Waals surface area (Å²) in [4.78, 5) is 29.6. The second-order valence-corrected chi connectivity index (χ2v) is 12.1. The summed E-state index contributed by atoms with van der Waals surface area (Å²) in [5.74, 6) is -0.0494. The third-order valence-corrected chi connectivity index (χ3v) is 8.33. The number of hydrogen-bond acceptors (Lipinski definition) is 2. The number of amides is 2. The van der Waals surface area contributed by atoms with Crippen molar-refractivity contribution in [3.63, 3.8) is 0 Å². The quantitative estimate of drug-likeness (QED) is 0.421. The van der Waals surface area contributed by atoms with Crippen LogP contribution in [-0.2, 0) is 9.59 Å². The summed E-state index contributed by atoms with van der Waals surface area (Å²) in [6, 6.07) is 7.55. The van der Waals surface area contributed by atoms with E-state index in [2.05, 4.69) is 61.7 Å². The van der Waals surface area contributed by atoms with E-state index in [9.17, 15) is 9.59 Å². The van der Waals surface area contributed by atoms with E-state index in [-0.39, 0.29) is 29.1 Å². The molecular formula is C32H41ClN2O2. The SMILES string of the molecule is CC(C)[C@@H](NC(=O)C(C1=CCCC=C1)C1=CC=CCC1)C(=O)N1CC[C@H](c2ccc(Cl)cc2)C(C)(C)C1. The van der Waals surface area contributed by atoms with E-state index in [0.29, 0.717) is 19.0 Å². The predicted octanol–water partition coefficient (Wildman–Crippen LogP) is 6.99. The van der Waals surface area contributed by atoms with Crippen LogP contribution in [0.15, 0.2) is 71.9 Å². The summed E-state index contributed by atoms with van der Waals surface area (Å²) < 4.78 is 0. The van der Waals surface area contributed by atoms with Crippen LogP contribution in [0, 0.1) is 17.3 Å². The van der Waals surface area contributed by atoms with Gasteiger partial charge in [-0.05, 0) is 72.6 Å². The molecule has 4 rings (SSSR count). The van der Waals surface area contributed by atoms with Crippen LogP contribution < -0.4 is 5.32 Å². The number of likely N-dealkylation sites (tertiary alicyclic amines) is 1. The van der Waals surface area contributed by atoms with Crippen molar-refractivity contribution in [3.05, 3.63) is 82.5 Å². The van der Waals surface area contributed by atoms with Crippen LogP contribution >= 0.6 is 11.6 Å². The Bertz CT molecular complexity index is 1110. The molecule has 1 aromatic rings. The van der Waals surface area contributed by atoms with E-state index in [0.717, 1.165) is 48.3 Å². The van der Waals surface area contributed by atoms with E-state index >= 15 is 0 Å². The molecule has 2 aliphatic carbocycles. The Morgan fingerprint density at radius 2 is 1.84 bits per heavy atom. The molecule has 0 aromatic heterocycles. The van der Waals surface area contributed by atoms with Gasteiger partial charge in [0.25, 0.3) is 0 Å². The second kappa shape index (κ2) is 11.9. The van der Waals surface area contributed by atoms with Crippen LogP contribution in [0.25, 0.3) is 0 Å². The van der Waals surface area contributed by atoms with Gasteiger partial charge in [0.05, 0.1) is 5.92 Å². The summed E-state index contributed by atoms with van der Waals surface area (Å²) in [6.07, 6.45) is 17.3. The zero-order valence-corrected chi connectivity index (χ0v) is 23.4. The summed E-state index contributed by atoms with van der Waals surface area (Å²) in [5.41, 5.74) is 3.34. The molecule has 3 aliphatic rings. The van der Waals surface area contributed by atoms with E-state index in [1.54, 1.807) is 0 Å². The molecule has 198 valence electrons. The Kier molecular flexibility index (Phi) is 8.79. The minimum absolute atomic E-state index is 0.00897. The van der Waals surface area contributed by atoms with Crippen LogP contribution in [0.5, 0.6) is 0 Å². The average Bonchev–Trinajstić information content (AvgIpc) is 2.88. The maximum Gasteiger partial charge on any atom is 0.245 e. The van der Waals surface area contributed by atoms with Crippen LogP contribution in [-0.4, -0.2) is 35.8 Å². The Morgan fingerprint density at radius 1 is 1.08 bits per heavy atom. The molecule has 4 nitrogen and oxygen atoms in total. The van der Waals surface area contributed by atoms with Crippen molar-refractivity contribution in [1.29, 1.82) is 0 Å². The van der Waals surface area contributed by atoms with Gasteiger partial charge in [0.1, 0.15) is 6.04 Å². The van der Waals surface area contributed by atoms with Gasteiger partial charge in [-0.25, -0.2) is 0 Å². The number of allylic oxidation sites excluding steroid dienone is 6. The maximum atomic E-state index is 13.9. The van der Waals surface area contributed by atoms with Crippen LogP contribution in [0.2, 0.25) is 5.02 Å². The first-order valence-electron chi connectivity index (χ1n) is 13.7. The first-order valence-corrected chi connectivity index (χ1v) is 14.1. The van der Waals surface area contributed by atoms with Crippen molar-refractivity contribution >= 4 is 23.4 Å². The fraction of sp³-hybridized carbons (Fsp3) is 0.500. The van der Waals surface area contributed by atoms with Crippen LogP contribution in [0.1, 0.15) is 71.3 Å². The summed E-state index contributed by atoms with van der Waals surface area (Å²) in [6.45, 7) is 9.84. The number of nitrogens with zero attached hydrogens (tertiary/aromatic N) is 1. The molecule has 1 aromatic carbocycles. The molecule has 3 atom stereocenters. The third-order valence-electron chi connectivity index (χ3n) is 8.08. The zero-order chi connectivity index (χ0) is 26.6. The first kappa shape index (κ1) is 27.4. The number of nitrogens with one attached hydrogen (secondary N) is 1. The average molecular weight is 521 g/mol.